The topological polar surface area (TPSA) is 16.6 Å². The zero-order chi connectivity index (χ0) is 6.53. The van der Waals surface area contributed by atoms with Gasteiger partial charge in [0.25, 0.3) is 0 Å². The fraction of sp³-hybridized carbons (Fsp3) is 1.00. The van der Waals surface area contributed by atoms with Crippen molar-refractivity contribution in [2.75, 3.05) is 18.6 Å². The zero-order valence-corrected chi connectivity index (χ0v) is 6.91. The van der Waals surface area contributed by atoms with E-state index in [1.54, 1.807) is 0 Å². The highest BCUT2D eigenvalue weighted by atomic mass is 32.2. The lowest BCUT2D eigenvalue weighted by Gasteiger charge is -2.18. The van der Waals surface area contributed by atoms with E-state index in [0.717, 1.165) is 6.04 Å². The van der Waals surface area contributed by atoms with Gasteiger partial charge in [-0.25, -0.2) is 0 Å². The average molecular weight is 146 g/mol. The van der Waals surface area contributed by atoms with E-state index in [4.69, 9.17) is 0 Å². The van der Waals surface area contributed by atoms with Crippen molar-refractivity contribution in [1.29, 1.82) is 0 Å². The Morgan fingerprint density at radius 1 is 1.56 bits per heavy atom. The van der Waals surface area contributed by atoms with Crippen molar-refractivity contribution in [3.05, 3.63) is 0 Å². The predicted molar refractivity (Wildman–Crippen MR) is 42.8 cm³/mol. The molecule has 0 bridgehead atoms. The van der Waals surface area contributed by atoms with Crippen molar-refractivity contribution in [2.24, 2.45) is 0 Å². The van der Waals surface area contributed by atoms with Crippen LogP contribution in [-0.2, 0) is 0 Å². The third-order valence-electron chi connectivity index (χ3n) is 1.91. The van der Waals surface area contributed by atoms with Gasteiger partial charge in [0.2, 0.25) is 0 Å². The van der Waals surface area contributed by atoms with Crippen LogP contribution in [0.15, 0.2) is 0 Å². The Morgan fingerprint density at radius 3 is 3.00 bits per heavy atom. The first-order chi connectivity index (χ1) is 4.43. The summed E-state index contributed by atoms with van der Waals surface area (Å²) in [5.74, 6) is 1.35. The monoisotopic (exact) mass is 146 g/mol. The fourth-order valence-electron chi connectivity index (χ4n) is 1.39. The molecule has 0 radical (unpaired) electrons. The highest BCUT2D eigenvalue weighted by molar-refractivity contribution is 7.98. The summed E-state index contributed by atoms with van der Waals surface area (Å²) >= 11 is 1.98. The minimum Gasteiger partial charge on any atom is -0.343 e. The molecule has 1 rings (SSSR count). The van der Waals surface area contributed by atoms with Crippen molar-refractivity contribution in [3.63, 3.8) is 0 Å². The van der Waals surface area contributed by atoms with Crippen LogP contribution in [-0.4, -0.2) is 24.6 Å². The van der Waals surface area contributed by atoms with Crippen LogP contribution in [0.4, 0.5) is 0 Å². The molecule has 1 aliphatic heterocycles. The van der Waals surface area contributed by atoms with Gasteiger partial charge in [-0.3, -0.25) is 0 Å². The maximum Gasteiger partial charge on any atom is 0.0950 e. The summed E-state index contributed by atoms with van der Waals surface area (Å²) in [5, 5.41) is 2.50. The SMILES string of the molecule is CSC[C@H]1CCCC[NH2+]1. The molecule has 0 unspecified atom stereocenters. The first-order valence-electron chi connectivity index (χ1n) is 3.76. The van der Waals surface area contributed by atoms with Crippen LogP contribution in [0.25, 0.3) is 0 Å². The number of nitrogens with two attached hydrogens (primary N) is 1. The quantitative estimate of drug-likeness (QED) is 0.599. The van der Waals surface area contributed by atoms with Gasteiger partial charge in [-0.15, -0.1) is 0 Å². The van der Waals surface area contributed by atoms with Crippen molar-refractivity contribution < 1.29 is 5.32 Å². The molecular formula is C7H16NS+. The molecule has 1 saturated heterocycles. The van der Waals surface area contributed by atoms with Crippen LogP contribution in [0.5, 0.6) is 0 Å². The van der Waals surface area contributed by atoms with Crippen LogP contribution < -0.4 is 5.32 Å². The van der Waals surface area contributed by atoms with E-state index in [0.29, 0.717) is 0 Å². The molecule has 1 nitrogen and oxygen atoms in total. The van der Waals surface area contributed by atoms with Crippen LogP contribution in [0.3, 0.4) is 0 Å². The number of quaternary nitrogens is 1. The molecule has 0 spiro atoms. The molecule has 1 fully saturated rings. The van der Waals surface area contributed by atoms with E-state index in [1.165, 1.54) is 31.6 Å². The summed E-state index contributed by atoms with van der Waals surface area (Å²) in [6.07, 6.45) is 6.54. The molecule has 54 valence electrons. The highest BCUT2D eigenvalue weighted by Gasteiger charge is 2.14. The number of rotatable bonds is 2. The lowest BCUT2D eigenvalue weighted by molar-refractivity contribution is -0.692. The predicted octanol–water partition coefficient (Wildman–Crippen LogP) is 0.465. The van der Waals surface area contributed by atoms with Crippen LogP contribution in [0.1, 0.15) is 19.3 Å². The van der Waals surface area contributed by atoms with Gasteiger partial charge in [0.05, 0.1) is 12.6 Å². The van der Waals surface area contributed by atoms with Crippen LogP contribution >= 0.6 is 11.8 Å². The second-order valence-electron chi connectivity index (χ2n) is 2.74. The number of hydrogen-bond donors (Lipinski definition) is 1. The third kappa shape index (κ3) is 2.59. The number of thioether (sulfide) groups is 1. The van der Waals surface area contributed by atoms with Crippen LogP contribution in [0, 0.1) is 0 Å². The molecule has 2 N–H and O–H groups in total. The van der Waals surface area contributed by atoms with E-state index in [2.05, 4.69) is 11.6 Å². The van der Waals surface area contributed by atoms with Crippen molar-refractivity contribution in [1.82, 2.24) is 0 Å². The maximum atomic E-state index is 2.50. The summed E-state index contributed by atoms with van der Waals surface area (Å²) < 4.78 is 0. The Balaban J connectivity index is 2.08. The fourth-order valence-corrected chi connectivity index (χ4v) is 2.12. The van der Waals surface area contributed by atoms with Crippen molar-refractivity contribution >= 4 is 11.8 Å². The first-order valence-corrected chi connectivity index (χ1v) is 5.15. The Bertz CT molecular complexity index is 66.6. The van der Waals surface area contributed by atoms with E-state index in [1.807, 2.05) is 11.8 Å². The smallest absolute Gasteiger partial charge is 0.0950 e. The van der Waals surface area contributed by atoms with Gasteiger partial charge in [-0.2, -0.15) is 11.8 Å². The summed E-state index contributed by atoms with van der Waals surface area (Å²) in [7, 11) is 0. The van der Waals surface area contributed by atoms with Gasteiger partial charge in [0.15, 0.2) is 0 Å². The Morgan fingerprint density at radius 2 is 2.44 bits per heavy atom. The Labute approximate surface area is 61.6 Å². The van der Waals surface area contributed by atoms with E-state index >= 15 is 0 Å². The summed E-state index contributed by atoms with van der Waals surface area (Å²) in [6.45, 7) is 1.37. The summed E-state index contributed by atoms with van der Waals surface area (Å²) in [6, 6.07) is 0.939. The number of hydrogen-bond acceptors (Lipinski definition) is 1. The van der Waals surface area contributed by atoms with E-state index in [9.17, 15) is 0 Å². The molecule has 2 heteroatoms. The molecule has 1 aliphatic rings. The second kappa shape index (κ2) is 4.18. The van der Waals surface area contributed by atoms with Crippen molar-refractivity contribution in [2.45, 2.75) is 25.3 Å². The molecule has 0 aromatic carbocycles. The molecule has 1 atom stereocenters. The largest absolute Gasteiger partial charge is 0.343 e. The van der Waals surface area contributed by atoms with Gasteiger partial charge in [-0.05, 0) is 19.1 Å². The van der Waals surface area contributed by atoms with Gasteiger partial charge in [-0.1, -0.05) is 0 Å². The summed E-state index contributed by atoms with van der Waals surface area (Å²) in [5.41, 5.74) is 0. The second-order valence-corrected chi connectivity index (χ2v) is 3.65. The highest BCUT2D eigenvalue weighted by Crippen LogP contribution is 2.05. The Hall–Kier alpha value is 0.310. The number of piperidine rings is 1. The van der Waals surface area contributed by atoms with Gasteiger partial charge < -0.3 is 5.32 Å². The molecule has 0 aromatic rings. The van der Waals surface area contributed by atoms with Gasteiger partial charge >= 0.3 is 0 Å². The molecule has 0 aromatic heterocycles. The van der Waals surface area contributed by atoms with E-state index < -0.39 is 0 Å². The third-order valence-corrected chi connectivity index (χ3v) is 2.67. The maximum absolute atomic E-state index is 2.50. The molecule has 0 aliphatic carbocycles. The zero-order valence-electron chi connectivity index (χ0n) is 6.10. The molecular weight excluding hydrogens is 130 g/mol. The molecule has 0 saturated carbocycles. The molecule has 0 amide bonds. The normalized spacial score (nSPS) is 28.3. The minimum atomic E-state index is 0.939. The average Bonchev–Trinajstić information content (AvgIpc) is 1.91. The van der Waals surface area contributed by atoms with E-state index in [-0.39, 0.29) is 0 Å². The van der Waals surface area contributed by atoms with Gasteiger partial charge in [0.1, 0.15) is 0 Å². The van der Waals surface area contributed by atoms with Crippen LogP contribution in [0.2, 0.25) is 0 Å². The summed E-state index contributed by atoms with van der Waals surface area (Å²) in [4.78, 5) is 0. The van der Waals surface area contributed by atoms with Gasteiger partial charge in [0, 0.05) is 12.2 Å². The standard InChI is InChI=1S/C7H15NS/c1-9-6-7-4-2-3-5-8-7/h7-8H,2-6H2,1H3/p+1/t7-/m1/s1. The lowest BCUT2D eigenvalue weighted by Crippen LogP contribution is -2.92. The van der Waals surface area contributed by atoms with Crippen molar-refractivity contribution in [3.8, 4) is 0 Å². The molecule has 9 heavy (non-hydrogen) atoms. The molecule has 1 heterocycles. The minimum absolute atomic E-state index is 0.939. The lowest BCUT2D eigenvalue weighted by atomic mass is 10.1. The Kier molecular flexibility index (Phi) is 3.44. The first kappa shape index (κ1) is 7.42.